The van der Waals surface area contributed by atoms with E-state index in [9.17, 15) is 14.7 Å². The van der Waals surface area contributed by atoms with Crippen molar-refractivity contribution in [2.75, 3.05) is 46.0 Å². The number of benzene rings is 1. The van der Waals surface area contributed by atoms with Crippen molar-refractivity contribution in [3.8, 4) is 5.75 Å². The van der Waals surface area contributed by atoms with Gasteiger partial charge in [-0.1, -0.05) is 18.7 Å². The van der Waals surface area contributed by atoms with Crippen LogP contribution in [0.2, 0.25) is 0 Å². The maximum Gasteiger partial charge on any atom is 0.295 e. The highest BCUT2D eigenvalue weighted by Crippen LogP contribution is 2.41. The molecule has 2 aromatic rings. The number of nitrogens with zero attached hydrogens (tertiary/aromatic N) is 2. The highest BCUT2D eigenvalue weighted by atomic mass is 32.1. The van der Waals surface area contributed by atoms with Crippen LogP contribution in [-0.4, -0.2) is 72.6 Å². The number of Topliss-reactive ketones (excluding diaryl/α,β-unsaturated/α-hetero) is 1. The number of ketones is 1. The summed E-state index contributed by atoms with van der Waals surface area (Å²) in [6.07, 6.45) is 2.39. The predicted octanol–water partition coefficient (Wildman–Crippen LogP) is 3.46. The Labute approximate surface area is 197 Å². The largest absolute Gasteiger partial charge is 0.507 e. The molecule has 3 heterocycles. The molecule has 8 heteroatoms. The number of aliphatic hydroxyl groups is 1. The summed E-state index contributed by atoms with van der Waals surface area (Å²) in [5.41, 5.74) is 0.599. The van der Waals surface area contributed by atoms with Crippen LogP contribution in [0, 0.1) is 0 Å². The van der Waals surface area contributed by atoms with Crippen LogP contribution in [0.15, 0.2) is 60.0 Å². The van der Waals surface area contributed by atoms with Gasteiger partial charge in [0, 0.05) is 36.6 Å². The molecule has 1 atom stereocenters. The number of likely N-dealkylation sites (tertiary alicyclic amines) is 1. The lowest BCUT2D eigenvalue weighted by atomic mass is 10.00. The van der Waals surface area contributed by atoms with Crippen LogP contribution in [0.3, 0.4) is 0 Å². The number of rotatable bonds is 9. The van der Waals surface area contributed by atoms with Crippen molar-refractivity contribution in [2.24, 2.45) is 0 Å². The molecule has 0 aliphatic carbocycles. The first-order chi connectivity index (χ1) is 16.1. The Morgan fingerprint density at radius 2 is 1.94 bits per heavy atom. The Kier molecular flexibility index (Phi) is 7.59. The van der Waals surface area contributed by atoms with E-state index in [4.69, 9.17) is 9.47 Å². The quantitative estimate of drug-likeness (QED) is 0.263. The van der Waals surface area contributed by atoms with Gasteiger partial charge >= 0.3 is 0 Å². The third-order valence-corrected chi connectivity index (χ3v) is 6.75. The third kappa shape index (κ3) is 5.19. The van der Waals surface area contributed by atoms with E-state index in [2.05, 4.69) is 11.5 Å². The fraction of sp³-hybridized carbons (Fsp3) is 0.360. The molecule has 0 spiro atoms. The standard InChI is InChI=1S/C25H28N2O5S/c1-2-14-32-19-8-6-18(7-9-19)23(28)21-22(20-5-3-17-33-20)27(25(30)24(21)29)11-4-10-26-12-15-31-16-13-26/h2-3,5-9,17,22,28H,1,4,10-16H2/t22-/m1/s1. The Morgan fingerprint density at radius 3 is 2.61 bits per heavy atom. The van der Waals surface area contributed by atoms with Crippen LogP contribution in [0.1, 0.15) is 22.9 Å². The zero-order chi connectivity index (χ0) is 23.2. The number of thiophene rings is 1. The number of morpholine rings is 1. The van der Waals surface area contributed by atoms with Crippen LogP contribution >= 0.6 is 11.3 Å². The minimum Gasteiger partial charge on any atom is -0.507 e. The lowest BCUT2D eigenvalue weighted by molar-refractivity contribution is -0.140. The van der Waals surface area contributed by atoms with E-state index in [0.29, 0.717) is 24.5 Å². The lowest BCUT2D eigenvalue weighted by Crippen LogP contribution is -2.38. The second-order valence-corrected chi connectivity index (χ2v) is 8.92. The maximum atomic E-state index is 13.0. The van der Waals surface area contributed by atoms with Crippen LogP contribution in [0.5, 0.6) is 5.75 Å². The van der Waals surface area contributed by atoms with Crippen LogP contribution in [0.4, 0.5) is 0 Å². The molecule has 2 aliphatic heterocycles. The number of carbonyl (C=O) groups excluding carboxylic acids is 2. The zero-order valence-corrected chi connectivity index (χ0v) is 19.3. The molecule has 33 heavy (non-hydrogen) atoms. The molecule has 1 aromatic carbocycles. The highest BCUT2D eigenvalue weighted by Gasteiger charge is 2.46. The van der Waals surface area contributed by atoms with E-state index in [1.54, 1.807) is 35.2 Å². The molecule has 2 aliphatic rings. The molecular weight excluding hydrogens is 440 g/mol. The van der Waals surface area contributed by atoms with E-state index in [1.807, 2.05) is 17.5 Å². The Bertz CT molecular complexity index is 1010. The second-order valence-electron chi connectivity index (χ2n) is 7.94. The second kappa shape index (κ2) is 10.8. The average molecular weight is 469 g/mol. The van der Waals surface area contributed by atoms with Gasteiger partial charge in [0.2, 0.25) is 0 Å². The minimum atomic E-state index is -0.649. The molecular formula is C25H28N2O5S. The minimum absolute atomic E-state index is 0.133. The number of amides is 1. The van der Waals surface area contributed by atoms with Gasteiger partial charge in [-0.25, -0.2) is 0 Å². The van der Waals surface area contributed by atoms with E-state index in [1.165, 1.54) is 11.3 Å². The average Bonchev–Trinajstić information content (AvgIpc) is 3.46. The van der Waals surface area contributed by atoms with Crippen LogP contribution in [0.25, 0.3) is 5.76 Å². The van der Waals surface area contributed by atoms with Crippen molar-refractivity contribution in [2.45, 2.75) is 12.5 Å². The zero-order valence-electron chi connectivity index (χ0n) is 18.4. The van der Waals surface area contributed by atoms with Crippen molar-refractivity contribution in [3.05, 3.63) is 70.4 Å². The molecule has 1 aromatic heterocycles. The summed E-state index contributed by atoms with van der Waals surface area (Å²) in [5, 5.41) is 13.0. The van der Waals surface area contributed by atoms with Gasteiger partial charge in [0.05, 0.1) is 24.8 Å². The normalized spacial score (nSPS) is 20.8. The van der Waals surface area contributed by atoms with Crippen molar-refractivity contribution < 1.29 is 24.2 Å². The van der Waals surface area contributed by atoms with Gasteiger partial charge in [0.1, 0.15) is 18.1 Å². The smallest absolute Gasteiger partial charge is 0.295 e. The van der Waals surface area contributed by atoms with E-state index < -0.39 is 17.7 Å². The fourth-order valence-corrected chi connectivity index (χ4v) is 5.01. The number of carbonyl (C=O) groups is 2. The molecule has 1 amide bonds. The van der Waals surface area contributed by atoms with Gasteiger partial charge in [-0.2, -0.15) is 0 Å². The van der Waals surface area contributed by atoms with Gasteiger partial charge in [0.15, 0.2) is 0 Å². The van der Waals surface area contributed by atoms with Gasteiger partial charge in [-0.05, 0) is 42.1 Å². The summed E-state index contributed by atoms with van der Waals surface area (Å²) in [7, 11) is 0. The molecule has 0 radical (unpaired) electrons. The Balaban J connectivity index is 1.58. The topological polar surface area (TPSA) is 79.3 Å². The highest BCUT2D eigenvalue weighted by molar-refractivity contribution is 7.10. The summed E-state index contributed by atoms with van der Waals surface area (Å²) < 4.78 is 10.9. The molecule has 0 bridgehead atoms. The first kappa shape index (κ1) is 23.2. The first-order valence-corrected chi connectivity index (χ1v) is 11.9. The van der Waals surface area contributed by atoms with Crippen LogP contribution < -0.4 is 4.74 Å². The van der Waals surface area contributed by atoms with Gasteiger partial charge in [-0.3, -0.25) is 14.5 Å². The summed E-state index contributed by atoms with van der Waals surface area (Å²) >= 11 is 1.47. The van der Waals surface area contributed by atoms with Crippen molar-refractivity contribution in [1.29, 1.82) is 0 Å². The van der Waals surface area contributed by atoms with E-state index in [0.717, 1.165) is 44.1 Å². The third-order valence-electron chi connectivity index (χ3n) is 5.83. The molecule has 174 valence electrons. The number of hydrogen-bond acceptors (Lipinski definition) is 7. The van der Waals surface area contributed by atoms with E-state index >= 15 is 0 Å². The fourth-order valence-electron chi connectivity index (χ4n) is 4.16. The van der Waals surface area contributed by atoms with E-state index in [-0.39, 0.29) is 11.3 Å². The van der Waals surface area contributed by atoms with Crippen molar-refractivity contribution in [3.63, 3.8) is 0 Å². The molecule has 0 unspecified atom stereocenters. The van der Waals surface area contributed by atoms with Gasteiger partial charge in [0.25, 0.3) is 11.7 Å². The Morgan fingerprint density at radius 1 is 1.18 bits per heavy atom. The van der Waals surface area contributed by atoms with Gasteiger partial charge < -0.3 is 19.5 Å². The van der Waals surface area contributed by atoms with Crippen LogP contribution in [-0.2, 0) is 14.3 Å². The summed E-state index contributed by atoms with van der Waals surface area (Å²) in [6.45, 7) is 8.45. The maximum absolute atomic E-state index is 13.0. The molecule has 4 rings (SSSR count). The molecule has 7 nitrogen and oxygen atoms in total. The van der Waals surface area contributed by atoms with Gasteiger partial charge in [-0.15, -0.1) is 11.3 Å². The molecule has 2 saturated heterocycles. The number of ether oxygens (including phenoxy) is 2. The summed E-state index contributed by atoms with van der Waals surface area (Å²) in [6, 6.07) is 10.0. The monoisotopic (exact) mass is 468 g/mol. The first-order valence-electron chi connectivity index (χ1n) is 11.1. The summed E-state index contributed by atoms with van der Waals surface area (Å²) in [4.78, 5) is 30.8. The molecule has 1 N–H and O–H groups in total. The van der Waals surface area contributed by atoms with Crippen molar-refractivity contribution >= 4 is 28.8 Å². The molecule has 2 fully saturated rings. The number of hydrogen-bond donors (Lipinski definition) is 1. The number of aliphatic hydroxyl groups excluding tert-OH is 1. The van der Waals surface area contributed by atoms with Crippen molar-refractivity contribution in [1.82, 2.24) is 9.80 Å². The predicted molar refractivity (Wildman–Crippen MR) is 127 cm³/mol. The molecule has 0 saturated carbocycles. The Hall–Kier alpha value is -2.94. The SMILES string of the molecule is C=CCOc1ccc(C(O)=C2C(=O)C(=O)N(CCCN3CCOCC3)[C@@H]2c2cccs2)cc1. The summed E-state index contributed by atoms with van der Waals surface area (Å²) in [5.74, 6) is -0.755. The lowest BCUT2D eigenvalue weighted by Gasteiger charge is -2.28.